The minimum Gasteiger partial charge on any atom is -0.506 e. The number of nitrogens with one attached hydrogen (secondary N) is 2. The summed E-state index contributed by atoms with van der Waals surface area (Å²) in [5.41, 5.74) is 1.44. The van der Waals surface area contributed by atoms with Gasteiger partial charge in [0, 0.05) is 29.2 Å². The van der Waals surface area contributed by atoms with Crippen molar-refractivity contribution in [1.29, 1.82) is 0 Å². The normalized spacial score (nSPS) is 11.4. The Morgan fingerprint density at radius 2 is 1.73 bits per heavy atom. The van der Waals surface area contributed by atoms with Crippen molar-refractivity contribution in [2.45, 2.75) is 11.4 Å². The summed E-state index contributed by atoms with van der Waals surface area (Å²) in [5, 5.41) is 18.5. The molecule has 3 aromatic carbocycles. The third kappa shape index (κ3) is 4.97. The Morgan fingerprint density at radius 1 is 0.973 bits per heavy atom. The monoisotopic (exact) mass is 533 g/mol. The molecule has 0 aliphatic carbocycles. The van der Waals surface area contributed by atoms with Gasteiger partial charge in [0.2, 0.25) is 0 Å². The van der Waals surface area contributed by atoms with Gasteiger partial charge >= 0.3 is 0 Å². The first-order valence-corrected chi connectivity index (χ1v) is 13.0. The molecule has 9 nitrogen and oxygen atoms in total. The fourth-order valence-corrected chi connectivity index (χ4v) is 5.13. The molecule has 0 saturated heterocycles. The van der Waals surface area contributed by atoms with Crippen LogP contribution in [0.4, 0.5) is 5.82 Å². The van der Waals surface area contributed by atoms with Crippen LogP contribution >= 0.6 is 11.6 Å². The first kappa shape index (κ1) is 24.3. The Balaban J connectivity index is 1.43. The van der Waals surface area contributed by atoms with Crippen molar-refractivity contribution >= 4 is 44.3 Å². The first-order chi connectivity index (χ1) is 17.8. The van der Waals surface area contributed by atoms with E-state index < -0.39 is 15.9 Å². The fourth-order valence-electron chi connectivity index (χ4n) is 3.79. The average molecular weight is 534 g/mol. The van der Waals surface area contributed by atoms with Gasteiger partial charge in [0.05, 0.1) is 17.4 Å². The summed E-state index contributed by atoms with van der Waals surface area (Å²) in [6, 6.07) is 21.9. The number of fused-ring (bicyclic) bond motifs is 1. The molecule has 0 saturated carbocycles. The smallest absolute Gasteiger partial charge is 0.265 e. The van der Waals surface area contributed by atoms with Crippen LogP contribution in [0.3, 0.4) is 0 Å². The van der Waals surface area contributed by atoms with E-state index >= 15 is 0 Å². The van der Waals surface area contributed by atoms with Crippen LogP contribution in [0, 0.1) is 0 Å². The summed E-state index contributed by atoms with van der Waals surface area (Å²) in [7, 11) is -4.14. The molecule has 0 radical (unpaired) electrons. The third-order valence-corrected chi connectivity index (χ3v) is 7.25. The second kappa shape index (κ2) is 9.92. The minimum atomic E-state index is -4.14. The Morgan fingerprint density at radius 3 is 2.49 bits per heavy atom. The van der Waals surface area contributed by atoms with Crippen molar-refractivity contribution in [3.8, 4) is 11.4 Å². The van der Waals surface area contributed by atoms with Crippen LogP contribution in [0.15, 0.2) is 96.2 Å². The Hall–Kier alpha value is -4.41. The number of sulfonamides is 1. The van der Waals surface area contributed by atoms with Crippen molar-refractivity contribution in [1.82, 2.24) is 20.1 Å². The molecule has 2 heterocycles. The molecule has 0 fully saturated rings. The fraction of sp³-hybridized carbons (Fsp3) is 0.0385. The van der Waals surface area contributed by atoms with Gasteiger partial charge in [0.1, 0.15) is 22.0 Å². The predicted octanol–water partition coefficient (Wildman–Crippen LogP) is 4.51. The summed E-state index contributed by atoms with van der Waals surface area (Å²) >= 11 is 5.89. The van der Waals surface area contributed by atoms with Crippen molar-refractivity contribution in [3.63, 3.8) is 0 Å². The number of carbonyl (C=O) groups excluding carboxylic acids is 1. The first-order valence-electron chi connectivity index (χ1n) is 11.1. The van der Waals surface area contributed by atoms with Crippen LogP contribution < -0.4 is 10.0 Å². The van der Waals surface area contributed by atoms with Gasteiger partial charge < -0.3 is 10.4 Å². The van der Waals surface area contributed by atoms with Gasteiger partial charge in [-0.05, 0) is 42.0 Å². The van der Waals surface area contributed by atoms with Crippen LogP contribution in [0.5, 0.6) is 5.75 Å². The van der Waals surface area contributed by atoms with Crippen molar-refractivity contribution < 1.29 is 18.3 Å². The number of benzene rings is 3. The van der Waals surface area contributed by atoms with Crippen LogP contribution in [-0.2, 0) is 16.6 Å². The van der Waals surface area contributed by atoms with Crippen LogP contribution in [0.1, 0.15) is 15.9 Å². The molecule has 186 valence electrons. The summed E-state index contributed by atoms with van der Waals surface area (Å²) < 4.78 is 30.7. The lowest BCUT2D eigenvalue weighted by Gasteiger charge is -2.13. The maximum atomic E-state index is 13.3. The zero-order valence-electron chi connectivity index (χ0n) is 19.2. The van der Waals surface area contributed by atoms with Gasteiger partial charge in [-0.2, -0.15) is 5.10 Å². The lowest BCUT2D eigenvalue weighted by atomic mass is 10.1. The third-order valence-electron chi connectivity index (χ3n) is 5.61. The number of para-hydroxylation sites is 2. The number of aromatic nitrogens is 3. The number of aromatic hydroxyl groups is 1. The second-order valence-corrected chi connectivity index (χ2v) is 10.1. The molecular weight excluding hydrogens is 514 g/mol. The molecule has 0 aliphatic rings. The molecule has 0 bridgehead atoms. The molecule has 1 amide bonds. The van der Waals surface area contributed by atoms with E-state index in [1.807, 2.05) is 18.2 Å². The summed E-state index contributed by atoms with van der Waals surface area (Å²) in [5.74, 6) is -0.699. The van der Waals surface area contributed by atoms with E-state index in [1.165, 1.54) is 35.1 Å². The van der Waals surface area contributed by atoms with Gasteiger partial charge in [-0.25, -0.2) is 13.1 Å². The van der Waals surface area contributed by atoms with Gasteiger partial charge in [0.15, 0.2) is 0 Å². The zero-order chi connectivity index (χ0) is 26.0. The molecule has 5 rings (SSSR count). The van der Waals surface area contributed by atoms with Crippen LogP contribution in [0.2, 0.25) is 5.02 Å². The maximum Gasteiger partial charge on any atom is 0.265 e. The number of carbonyl (C=O) groups is 1. The van der Waals surface area contributed by atoms with Crippen molar-refractivity contribution in [2.75, 3.05) is 4.72 Å². The molecule has 3 N–H and O–H groups in total. The molecule has 0 atom stereocenters. The highest BCUT2D eigenvalue weighted by atomic mass is 35.5. The molecule has 5 aromatic rings. The number of amides is 1. The number of rotatable bonds is 7. The largest absolute Gasteiger partial charge is 0.506 e. The Kier molecular flexibility index (Phi) is 6.51. The quantitative estimate of drug-likeness (QED) is 0.282. The Bertz CT molecular complexity index is 1700. The Labute approximate surface area is 217 Å². The van der Waals surface area contributed by atoms with Crippen LogP contribution in [-0.4, -0.2) is 34.2 Å². The number of pyridine rings is 1. The maximum absolute atomic E-state index is 13.3. The zero-order valence-corrected chi connectivity index (χ0v) is 20.7. The lowest BCUT2D eigenvalue weighted by molar-refractivity contribution is 0.0948. The number of anilines is 1. The van der Waals surface area contributed by atoms with E-state index in [-0.39, 0.29) is 39.5 Å². The molecule has 0 aliphatic heterocycles. The van der Waals surface area contributed by atoms with Gasteiger partial charge in [-0.15, -0.1) is 0 Å². The standard InChI is InChI=1S/C26H20ClN5O4S/c27-18-11-9-17(10-12-18)15-29-26(34)21-16-28-24-20(25(21)33)7-4-8-22(24)37(35,36)31-23-13-14-30-32(23)19-5-2-1-3-6-19/h1-14,16,31H,15H2,(H,28,33)(H,29,34). The van der Waals surface area contributed by atoms with E-state index in [0.29, 0.717) is 10.7 Å². The molecular formula is C26H20ClN5O4S. The van der Waals surface area contributed by atoms with Crippen LogP contribution in [0.25, 0.3) is 16.6 Å². The van der Waals surface area contributed by atoms with E-state index in [1.54, 1.807) is 36.4 Å². The van der Waals surface area contributed by atoms with Gasteiger partial charge in [-0.1, -0.05) is 48.0 Å². The van der Waals surface area contributed by atoms with E-state index in [9.17, 15) is 18.3 Å². The average Bonchev–Trinajstić information content (AvgIpc) is 3.36. The van der Waals surface area contributed by atoms with Crippen molar-refractivity contribution in [3.05, 3.63) is 107 Å². The van der Waals surface area contributed by atoms with Gasteiger partial charge in [-0.3, -0.25) is 14.5 Å². The predicted molar refractivity (Wildman–Crippen MR) is 140 cm³/mol. The molecule has 0 unspecified atom stereocenters. The molecule has 11 heteroatoms. The number of hydrogen-bond donors (Lipinski definition) is 3. The summed E-state index contributed by atoms with van der Waals surface area (Å²) in [4.78, 5) is 16.8. The van der Waals surface area contributed by atoms with E-state index in [4.69, 9.17) is 11.6 Å². The van der Waals surface area contributed by atoms with Crippen molar-refractivity contribution in [2.24, 2.45) is 0 Å². The van der Waals surface area contributed by atoms with Gasteiger partial charge in [0.25, 0.3) is 15.9 Å². The van der Waals surface area contributed by atoms with E-state index in [2.05, 4.69) is 20.1 Å². The topological polar surface area (TPSA) is 126 Å². The highest BCUT2D eigenvalue weighted by molar-refractivity contribution is 7.93. The number of nitrogens with zero attached hydrogens (tertiary/aromatic N) is 3. The SMILES string of the molecule is O=C(NCc1ccc(Cl)cc1)c1cnc2c(S(=O)(=O)Nc3ccnn3-c3ccccc3)cccc2c1O. The van der Waals surface area contributed by atoms with E-state index in [0.717, 1.165) is 11.8 Å². The minimum absolute atomic E-state index is 0.0209. The highest BCUT2D eigenvalue weighted by Gasteiger charge is 2.23. The number of hydrogen-bond acceptors (Lipinski definition) is 6. The molecule has 2 aromatic heterocycles. The summed E-state index contributed by atoms with van der Waals surface area (Å²) in [6.07, 6.45) is 2.63. The highest BCUT2D eigenvalue weighted by Crippen LogP contribution is 2.32. The molecule has 0 spiro atoms. The lowest BCUT2D eigenvalue weighted by Crippen LogP contribution is -2.23. The summed E-state index contributed by atoms with van der Waals surface area (Å²) in [6.45, 7) is 0.209. The molecule has 37 heavy (non-hydrogen) atoms. The second-order valence-electron chi connectivity index (χ2n) is 8.05. The number of halogens is 1.